The molecule has 138 valence electrons. The van der Waals surface area contributed by atoms with Gasteiger partial charge in [0.1, 0.15) is 5.75 Å². The number of hydrogen-bond acceptors (Lipinski definition) is 2. The first kappa shape index (κ1) is 19.4. The molecule has 2 aromatic carbocycles. The van der Waals surface area contributed by atoms with Gasteiger partial charge in [-0.15, -0.1) is 13.2 Å². The lowest BCUT2D eigenvalue weighted by Crippen LogP contribution is -2.17. The van der Waals surface area contributed by atoms with Gasteiger partial charge in [-0.25, -0.2) is 4.79 Å². The van der Waals surface area contributed by atoms with Crippen LogP contribution in [0.25, 0.3) is 17.2 Å². The Bertz CT molecular complexity index is 837. The average molecular weight is 376 g/mol. The number of halogens is 6. The number of aliphatic carboxylic acids is 1. The third kappa shape index (κ3) is 5.01. The van der Waals surface area contributed by atoms with Gasteiger partial charge in [-0.1, -0.05) is 24.3 Å². The SMILES string of the molecule is O=C(O)/C=C/c1cccc(C(F)(F)F)c1-c1cccc(OC(F)(F)F)c1. The number of carbonyl (C=O) groups is 1. The van der Waals surface area contributed by atoms with Crippen LogP contribution in [0.3, 0.4) is 0 Å². The summed E-state index contributed by atoms with van der Waals surface area (Å²) in [5, 5.41) is 8.68. The molecule has 0 saturated carbocycles. The lowest BCUT2D eigenvalue weighted by Gasteiger charge is -2.17. The number of rotatable bonds is 4. The maximum Gasteiger partial charge on any atom is 0.573 e. The molecule has 0 heterocycles. The monoisotopic (exact) mass is 376 g/mol. The van der Waals surface area contributed by atoms with Crippen LogP contribution in [0, 0.1) is 0 Å². The number of benzene rings is 2. The summed E-state index contributed by atoms with van der Waals surface area (Å²) >= 11 is 0. The topological polar surface area (TPSA) is 46.5 Å². The third-order valence-corrected chi connectivity index (χ3v) is 3.16. The fourth-order valence-corrected chi connectivity index (χ4v) is 2.28. The molecule has 0 aromatic heterocycles. The minimum atomic E-state index is -5.01. The molecular formula is C17H10F6O3. The molecule has 0 radical (unpaired) electrons. The van der Waals surface area contributed by atoms with E-state index in [9.17, 15) is 31.1 Å². The molecule has 0 bridgehead atoms. The second-order valence-corrected chi connectivity index (χ2v) is 5.01. The lowest BCUT2D eigenvalue weighted by molar-refractivity contribution is -0.274. The van der Waals surface area contributed by atoms with Crippen molar-refractivity contribution in [2.45, 2.75) is 12.5 Å². The number of hydrogen-bond donors (Lipinski definition) is 1. The van der Waals surface area contributed by atoms with Crippen molar-refractivity contribution in [3.63, 3.8) is 0 Å². The molecule has 3 nitrogen and oxygen atoms in total. The van der Waals surface area contributed by atoms with Crippen LogP contribution in [-0.2, 0) is 11.0 Å². The van der Waals surface area contributed by atoms with Gasteiger partial charge < -0.3 is 9.84 Å². The van der Waals surface area contributed by atoms with E-state index in [4.69, 9.17) is 5.11 Å². The maximum atomic E-state index is 13.3. The molecule has 2 rings (SSSR count). The molecule has 0 fully saturated rings. The number of carboxylic acids is 1. The van der Waals surface area contributed by atoms with Gasteiger partial charge in [-0.05, 0) is 35.4 Å². The Hall–Kier alpha value is -2.97. The zero-order chi connectivity index (χ0) is 19.5. The Labute approximate surface area is 143 Å². The van der Waals surface area contributed by atoms with Crippen LogP contribution in [0.1, 0.15) is 11.1 Å². The highest BCUT2D eigenvalue weighted by atomic mass is 19.4. The van der Waals surface area contributed by atoms with Crippen molar-refractivity contribution in [1.82, 2.24) is 0 Å². The summed E-state index contributed by atoms with van der Waals surface area (Å²) in [4.78, 5) is 10.7. The van der Waals surface area contributed by atoms with E-state index < -0.39 is 35.4 Å². The van der Waals surface area contributed by atoms with Crippen molar-refractivity contribution in [3.05, 3.63) is 59.7 Å². The van der Waals surface area contributed by atoms with Crippen molar-refractivity contribution >= 4 is 12.0 Å². The van der Waals surface area contributed by atoms with Gasteiger partial charge in [0.15, 0.2) is 0 Å². The molecule has 0 aliphatic heterocycles. The maximum absolute atomic E-state index is 13.3. The number of alkyl halides is 6. The first-order valence-corrected chi connectivity index (χ1v) is 6.95. The van der Waals surface area contributed by atoms with Crippen LogP contribution in [0.2, 0.25) is 0 Å². The van der Waals surface area contributed by atoms with Crippen molar-refractivity contribution in [1.29, 1.82) is 0 Å². The highest BCUT2D eigenvalue weighted by molar-refractivity contribution is 5.88. The number of carboxylic acid groups (broad SMARTS) is 1. The van der Waals surface area contributed by atoms with E-state index in [1.165, 1.54) is 12.1 Å². The molecule has 0 unspecified atom stereocenters. The summed E-state index contributed by atoms with van der Waals surface area (Å²) in [6.45, 7) is 0. The van der Waals surface area contributed by atoms with Gasteiger partial charge in [0, 0.05) is 11.6 Å². The van der Waals surface area contributed by atoms with E-state index >= 15 is 0 Å². The van der Waals surface area contributed by atoms with Gasteiger partial charge >= 0.3 is 18.5 Å². The lowest BCUT2D eigenvalue weighted by atomic mass is 9.93. The molecule has 0 amide bonds. The Morgan fingerprint density at radius 2 is 1.65 bits per heavy atom. The summed E-state index contributed by atoms with van der Waals surface area (Å²) in [6.07, 6.45) is -8.24. The standard InChI is InChI=1S/C17H10F6O3/c18-16(19,20)13-6-2-3-10(7-8-14(24)25)15(13)11-4-1-5-12(9-11)26-17(21,22)23/h1-9H,(H,24,25)/b8-7+. The second-order valence-electron chi connectivity index (χ2n) is 5.01. The molecule has 0 aliphatic carbocycles. The quantitative estimate of drug-likeness (QED) is 0.577. The van der Waals surface area contributed by atoms with E-state index in [1.807, 2.05) is 0 Å². The summed E-state index contributed by atoms with van der Waals surface area (Å²) in [5.74, 6) is -2.08. The predicted molar refractivity (Wildman–Crippen MR) is 80.2 cm³/mol. The van der Waals surface area contributed by atoms with Crippen LogP contribution >= 0.6 is 0 Å². The zero-order valence-electron chi connectivity index (χ0n) is 12.7. The van der Waals surface area contributed by atoms with Crippen LogP contribution < -0.4 is 4.74 Å². The smallest absolute Gasteiger partial charge is 0.478 e. The fourth-order valence-electron chi connectivity index (χ4n) is 2.28. The van der Waals surface area contributed by atoms with E-state index in [-0.39, 0.29) is 11.1 Å². The summed E-state index contributed by atoms with van der Waals surface area (Å²) in [5.41, 5.74) is -1.89. The second kappa shape index (κ2) is 7.11. The Morgan fingerprint density at radius 1 is 1.00 bits per heavy atom. The highest BCUT2D eigenvalue weighted by Crippen LogP contribution is 2.40. The molecule has 2 aromatic rings. The van der Waals surface area contributed by atoms with Gasteiger partial charge in [0.25, 0.3) is 0 Å². The molecule has 0 saturated heterocycles. The van der Waals surface area contributed by atoms with E-state index in [0.717, 1.165) is 36.4 Å². The molecule has 1 N–H and O–H groups in total. The first-order valence-electron chi connectivity index (χ1n) is 6.95. The van der Waals surface area contributed by atoms with Crippen molar-refractivity contribution in [2.75, 3.05) is 0 Å². The highest BCUT2D eigenvalue weighted by Gasteiger charge is 2.35. The van der Waals surface area contributed by atoms with Crippen LogP contribution in [-0.4, -0.2) is 17.4 Å². The van der Waals surface area contributed by atoms with Crippen molar-refractivity contribution in [2.24, 2.45) is 0 Å². The van der Waals surface area contributed by atoms with E-state index in [1.54, 1.807) is 0 Å². The van der Waals surface area contributed by atoms with Gasteiger partial charge in [0.05, 0.1) is 5.56 Å². The Balaban J connectivity index is 2.66. The average Bonchev–Trinajstić information content (AvgIpc) is 2.50. The largest absolute Gasteiger partial charge is 0.573 e. The van der Waals surface area contributed by atoms with Gasteiger partial charge in [-0.3, -0.25) is 0 Å². The number of ether oxygens (including phenoxy) is 1. The first-order chi connectivity index (χ1) is 12.0. The van der Waals surface area contributed by atoms with Crippen LogP contribution in [0.5, 0.6) is 5.75 Å². The van der Waals surface area contributed by atoms with Crippen molar-refractivity contribution < 1.29 is 41.0 Å². The zero-order valence-corrected chi connectivity index (χ0v) is 12.7. The van der Waals surface area contributed by atoms with Crippen LogP contribution in [0.15, 0.2) is 48.5 Å². The summed E-state index contributed by atoms with van der Waals surface area (Å²) in [7, 11) is 0. The molecule has 26 heavy (non-hydrogen) atoms. The molecule has 0 atom stereocenters. The van der Waals surface area contributed by atoms with E-state index in [2.05, 4.69) is 4.74 Å². The normalized spacial score (nSPS) is 12.4. The summed E-state index contributed by atoms with van der Waals surface area (Å²) < 4.78 is 80.8. The van der Waals surface area contributed by atoms with Gasteiger partial charge in [-0.2, -0.15) is 13.2 Å². The minimum Gasteiger partial charge on any atom is -0.478 e. The molecular weight excluding hydrogens is 366 g/mol. The Morgan fingerprint density at radius 3 is 2.23 bits per heavy atom. The summed E-state index contributed by atoms with van der Waals surface area (Å²) in [6, 6.07) is 7.08. The van der Waals surface area contributed by atoms with Crippen LogP contribution in [0.4, 0.5) is 26.3 Å². The molecule has 9 heteroatoms. The predicted octanol–water partition coefficient (Wildman–Crippen LogP) is 5.37. The fraction of sp³-hybridized carbons (Fsp3) is 0.118. The molecule has 0 aliphatic rings. The van der Waals surface area contributed by atoms with Gasteiger partial charge in [0.2, 0.25) is 0 Å². The minimum absolute atomic E-state index is 0.119. The molecule has 0 spiro atoms. The van der Waals surface area contributed by atoms with Crippen molar-refractivity contribution in [3.8, 4) is 16.9 Å². The third-order valence-electron chi connectivity index (χ3n) is 3.16. The van der Waals surface area contributed by atoms with E-state index in [0.29, 0.717) is 6.08 Å². The Kier molecular flexibility index (Phi) is 5.29.